The molecule has 26 heavy (non-hydrogen) atoms. The zero-order valence-electron chi connectivity index (χ0n) is 16.5. The summed E-state index contributed by atoms with van der Waals surface area (Å²) in [6, 6.07) is 1.07. The lowest BCUT2D eigenvalue weighted by atomic mass is 9.96. The maximum absolute atomic E-state index is 12.0. The van der Waals surface area contributed by atoms with Gasteiger partial charge in [0.15, 0.2) is 5.96 Å². The predicted molar refractivity (Wildman–Crippen MR) is 103 cm³/mol. The monoisotopic (exact) mass is 365 g/mol. The Morgan fingerprint density at radius 2 is 1.85 bits per heavy atom. The van der Waals surface area contributed by atoms with Crippen molar-refractivity contribution >= 4 is 11.9 Å². The zero-order chi connectivity index (χ0) is 18.4. The van der Waals surface area contributed by atoms with Crippen LogP contribution in [-0.4, -0.2) is 98.7 Å². The average molecular weight is 366 g/mol. The van der Waals surface area contributed by atoms with Crippen LogP contribution in [0.3, 0.4) is 0 Å². The number of likely N-dealkylation sites (N-methyl/N-ethyl adjacent to an activating group) is 1. The van der Waals surface area contributed by atoms with Crippen LogP contribution in [0.15, 0.2) is 4.99 Å². The lowest BCUT2D eigenvalue weighted by Crippen LogP contribution is -2.49. The number of ether oxygens (including phenoxy) is 1. The highest BCUT2D eigenvalue weighted by molar-refractivity contribution is 5.85. The van der Waals surface area contributed by atoms with E-state index in [1.165, 1.54) is 32.1 Å². The molecule has 0 aromatic heterocycles. The maximum atomic E-state index is 12.0. The van der Waals surface area contributed by atoms with Crippen LogP contribution in [0.4, 0.5) is 0 Å². The molecule has 1 N–H and O–H groups in total. The zero-order valence-corrected chi connectivity index (χ0v) is 16.5. The standard InChI is InChI=1S/C19H35N5O2/c1-22(2)18(25)14-20-19(21-16-6-4-3-5-7-16)24-9-8-17(15-24)23-10-12-26-13-11-23/h16-17H,3-15H2,1-2H3,(H,20,21). The Morgan fingerprint density at radius 1 is 1.12 bits per heavy atom. The molecular formula is C19H35N5O2. The molecule has 3 aliphatic rings. The minimum atomic E-state index is 0.0527. The van der Waals surface area contributed by atoms with Crippen LogP contribution in [0.1, 0.15) is 38.5 Å². The first kappa shape index (κ1) is 19.4. The van der Waals surface area contributed by atoms with Crippen LogP contribution in [-0.2, 0) is 9.53 Å². The number of rotatable bonds is 4. The topological polar surface area (TPSA) is 60.4 Å². The van der Waals surface area contributed by atoms with Gasteiger partial charge in [-0.05, 0) is 19.3 Å². The number of morpholine rings is 1. The third-order valence-electron chi connectivity index (χ3n) is 5.83. The number of nitrogens with one attached hydrogen (secondary N) is 1. The Bertz CT molecular complexity index is 484. The molecule has 148 valence electrons. The van der Waals surface area contributed by atoms with Crippen LogP contribution in [0, 0.1) is 0 Å². The summed E-state index contributed by atoms with van der Waals surface area (Å²) >= 11 is 0. The van der Waals surface area contributed by atoms with E-state index in [0.29, 0.717) is 12.1 Å². The Balaban J connectivity index is 1.62. The Kier molecular flexibility index (Phi) is 7.14. The summed E-state index contributed by atoms with van der Waals surface area (Å²) in [5.74, 6) is 0.986. The molecule has 0 bridgehead atoms. The van der Waals surface area contributed by atoms with Gasteiger partial charge in [-0.1, -0.05) is 19.3 Å². The Hall–Kier alpha value is -1.34. The van der Waals surface area contributed by atoms with Gasteiger partial charge in [0.05, 0.1) is 13.2 Å². The van der Waals surface area contributed by atoms with E-state index < -0.39 is 0 Å². The van der Waals surface area contributed by atoms with Gasteiger partial charge in [-0.25, -0.2) is 4.99 Å². The fraction of sp³-hybridized carbons (Fsp3) is 0.895. The number of hydrogen-bond acceptors (Lipinski definition) is 4. The normalized spacial score (nSPS) is 26.2. The molecule has 2 saturated heterocycles. The van der Waals surface area contributed by atoms with E-state index in [9.17, 15) is 4.79 Å². The molecule has 3 rings (SSSR count). The quantitative estimate of drug-likeness (QED) is 0.589. The fourth-order valence-corrected chi connectivity index (χ4v) is 4.13. The van der Waals surface area contributed by atoms with Gasteiger partial charge >= 0.3 is 0 Å². The molecule has 7 heteroatoms. The van der Waals surface area contributed by atoms with Gasteiger partial charge in [0, 0.05) is 52.4 Å². The number of carbonyl (C=O) groups excluding carboxylic acids is 1. The minimum absolute atomic E-state index is 0.0527. The highest BCUT2D eigenvalue weighted by Crippen LogP contribution is 2.20. The molecule has 2 aliphatic heterocycles. The second kappa shape index (κ2) is 9.55. The molecule has 0 spiro atoms. The first-order valence-corrected chi connectivity index (χ1v) is 10.2. The lowest BCUT2D eigenvalue weighted by molar-refractivity contribution is -0.127. The summed E-state index contributed by atoms with van der Waals surface area (Å²) in [5.41, 5.74) is 0. The van der Waals surface area contributed by atoms with E-state index in [1.807, 2.05) is 0 Å². The fourth-order valence-electron chi connectivity index (χ4n) is 4.13. The second-order valence-corrected chi connectivity index (χ2v) is 7.94. The lowest BCUT2D eigenvalue weighted by Gasteiger charge is -2.33. The van der Waals surface area contributed by atoms with Gasteiger partial charge in [0.25, 0.3) is 0 Å². The Morgan fingerprint density at radius 3 is 2.54 bits per heavy atom. The highest BCUT2D eigenvalue weighted by atomic mass is 16.5. The predicted octanol–water partition coefficient (Wildman–Crippen LogP) is 0.759. The van der Waals surface area contributed by atoms with Crippen molar-refractivity contribution in [2.45, 2.75) is 50.6 Å². The number of hydrogen-bond donors (Lipinski definition) is 1. The summed E-state index contributed by atoms with van der Waals surface area (Å²) in [4.78, 5) is 23.2. The smallest absolute Gasteiger partial charge is 0.243 e. The van der Waals surface area contributed by atoms with Crippen molar-refractivity contribution < 1.29 is 9.53 Å². The third-order valence-corrected chi connectivity index (χ3v) is 5.83. The molecule has 2 heterocycles. The van der Waals surface area contributed by atoms with Crippen LogP contribution in [0.5, 0.6) is 0 Å². The van der Waals surface area contributed by atoms with E-state index in [2.05, 4.69) is 15.1 Å². The van der Waals surface area contributed by atoms with E-state index in [1.54, 1.807) is 19.0 Å². The van der Waals surface area contributed by atoms with E-state index in [0.717, 1.165) is 51.8 Å². The number of carbonyl (C=O) groups is 1. The van der Waals surface area contributed by atoms with E-state index >= 15 is 0 Å². The van der Waals surface area contributed by atoms with Crippen LogP contribution in [0.25, 0.3) is 0 Å². The van der Waals surface area contributed by atoms with Crippen molar-refractivity contribution in [1.29, 1.82) is 0 Å². The maximum Gasteiger partial charge on any atom is 0.243 e. The number of aliphatic imine (C=N–C) groups is 1. The number of nitrogens with zero attached hydrogens (tertiary/aromatic N) is 4. The second-order valence-electron chi connectivity index (χ2n) is 7.94. The summed E-state index contributed by atoms with van der Waals surface area (Å²) in [6.07, 6.45) is 7.50. The molecule has 1 amide bonds. The first-order valence-electron chi connectivity index (χ1n) is 10.2. The molecule has 0 aromatic rings. The van der Waals surface area contributed by atoms with Crippen molar-refractivity contribution in [1.82, 2.24) is 20.0 Å². The van der Waals surface area contributed by atoms with Gasteiger partial charge in [-0.3, -0.25) is 9.69 Å². The molecular weight excluding hydrogens is 330 g/mol. The van der Waals surface area contributed by atoms with Gasteiger partial charge in [0.2, 0.25) is 5.91 Å². The van der Waals surface area contributed by atoms with Crippen molar-refractivity contribution in [2.75, 3.05) is 60.0 Å². The van der Waals surface area contributed by atoms with Crippen molar-refractivity contribution in [3.8, 4) is 0 Å². The molecule has 7 nitrogen and oxygen atoms in total. The Labute approximate surface area is 157 Å². The molecule has 0 aromatic carbocycles. The van der Waals surface area contributed by atoms with Gasteiger partial charge in [0.1, 0.15) is 6.54 Å². The van der Waals surface area contributed by atoms with Gasteiger partial charge in [-0.2, -0.15) is 0 Å². The van der Waals surface area contributed by atoms with Crippen molar-refractivity contribution in [3.63, 3.8) is 0 Å². The first-order chi connectivity index (χ1) is 12.6. The summed E-state index contributed by atoms with van der Waals surface area (Å²) in [5, 5.41) is 3.68. The molecule has 1 saturated carbocycles. The summed E-state index contributed by atoms with van der Waals surface area (Å²) in [7, 11) is 3.58. The highest BCUT2D eigenvalue weighted by Gasteiger charge is 2.31. The van der Waals surface area contributed by atoms with E-state index in [4.69, 9.17) is 9.73 Å². The number of amides is 1. The van der Waals surface area contributed by atoms with Gasteiger partial charge < -0.3 is 19.9 Å². The number of guanidine groups is 1. The van der Waals surface area contributed by atoms with Crippen molar-refractivity contribution in [2.24, 2.45) is 4.99 Å². The summed E-state index contributed by atoms with van der Waals surface area (Å²) in [6.45, 7) is 5.97. The molecule has 1 unspecified atom stereocenters. The van der Waals surface area contributed by atoms with Crippen LogP contribution < -0.4 is 5.32 Å². The van der Waals surface area contributed by atoms with Crippen LogP contribution >= 0.6 is 0 Å². The van der Waals surface area contributed by atoms with Crippen molar-refractivity contribution in [3.05, 3.63) is 0 Å². The average Bonchev–Trinajstić information content (AvgIpc) is 3.16. The largest absolute Gasteiger partial charge is 0.379 e. The third kappa shape index (κ3) is 5.33. The summed E-state index contributed by atoms with van der Waals surface area (Å²) < 4.78 is 5.49. The molecule has 0 radical (unpaired) electrons. The van der Waals surface area contributed by atoms with Crippen LogP contribution in [0.2, 0.25) is 0 Å². The van der Waals surface area contributed by atoms with Gasteiger partial charge in [-0.15, -0.1) is 0 Å². The van der Waals surface area contributed by atoms with E-state index in [-0.39, 0.29) is 12.5 Å². The molecule has 3 fully saturated rings. The molecule has 1 atom stereocenters. The number of likely N-dealkylation sites (tertiary alicyclic amines) is 1. The SMILES string of the molecule is CN(C)C(=O)CN=C(NC1CCCCC1)N1CCC(N2CCOCC2)C1. The molecule has 1 aliphatic carbocycles. The minimum Gasteiger partial charge on any atom is -0.379 e.